The van der Waals surface area contributed by atoms with E-state index in [-0.39, 0.29) is 19.4 Å². The minimum Gasteiger partial charge on any atom is -0.462 e. The van der Waals surface area contributed by atoms with E-state index in [1.165, 1.54) is 116 Å². The zero-order valence-electron chi connectivity index (χ0n) is 34.6. The molecule has 0 radical (unpaired) electrons. The van der Waals surface area contributed by atoms with Crippen molar-refractivity contribution in [2.45, 2.75) is 213 Å². The van der Waals surface area contributed by atoms with E-state index in [1.54, 1.807) is 0 Å². The molecule has 0 aromatic rings. The molecule has 0 aliphatic rings. The van der Waals surface area contributed by atoms with E-state index in [0.29, 0.717) is 6.42 Å². The summed E-state index contributed by atoms with van der Waals surface area (Å²) >= 11 is 0. The lowest BCUT2D eigenvalue weighted by Gasteiger charge is -2.18. The van der Waals surface area contributed by atoms with Crippen LogP contribution in [0.4, 0.5) is 0 Å². The van der Waals surface area contributed by atoms with Crippen LogP contribution in [0.5, 0.6) is 0 Å². The molecule has 0 aromatic carbocycles. The molecule has 0 saturated heterocycles. The maximum absolute atomic E-state index is 12.4. The number of allylic oxidation sites excluding steroid dienone is 8. The van der Waals surface area contributed by atoms with Crippen LogP contribution in [-0.2, 0) is 28.2 Å². The molecule has 0 rings (SSSR count). The van der Waals surface area contributed by atoms with Crippen molar-refractivity contribution in [3.63, 3.8) is 0 Å². The molecule has 2 N–H and O–H groups in total. The van der Waals surface area contributed by atoms with E-state index in [0.717, 1.165) is 57.8 Å². The maximum atomic E-state index is 12.4. The van der Waals surface area contributed by atoms with Crippen molar-refractivity contribution in [3.05, 3.63) is 48.6 Å². The molecular weight excluding hydrogens is 699 g/mol. The minimum absolute atomic E-state index is 0.160. The lowest BCUT2D eigenvalue weighted by molar-refractivity contribution is -0.161. The van der Waals surface area contributed by atoms with Crippen LogP contribution in [0, 0.1) is 0 Å². The summed E-state index contributed by atoms with van der Waals surface area (Å²) in [7, 11) is -4.77. The third-order valence-electron chi connectivity index (χ3n) is 9.36. The normalized spacial score (nSPS) is 12.9. The molecule has 0 heterocycles. The van der Waals surface area contributed by atoms with Crippen LogP contribution < -0.4 is 0 Å². The fraction of sp³-hybridized carbons (Fsp3) is 0.778. The Morgan fingerprint density at radius 3 is 1.33 bits per heavy atom. The van der Waals surface area contributed by atoms with Gasteiger partial charge in [0.05, 0.1) is 6.61 Å². The standard InChI is InChI=1S/C45H81O8P/c1-3-5-7-9-11-13-15-17-19-20-21-22-23-24-26-27-29-31-33-35-37-39-44(46)51-41-43(42-52-54(48,49)50)53-45(47)40-38-36-34-32-30-28-25-18-16-14-12-10-8-6-4-2/h6,8,12,14,18,25,30,32,43H,3-5,7,9-11,13,15-17,19-24,26-29,31,33-42H2,1-2H3,(H2,48,49,50)/b8-6-,14-12-,25-18-,32-30-. The third-order valence-corrected chi connectivity index (χ3v) is 9.85. The van der Waals surface area contributed by atoms with Gasteiger partial charge in [-0.25, -0.2) is 4.57 Å². The van der Waals surface area contributed by atoms with Gasteiger partial charge in [0.2, 0.25) is 0 Å². The van der Waals surface area contributed by atoms with Gasteiger partial charge in [-0.05, 0) is 51.4 Å². The van der Waals surface area contributed by atoms with Gasteiger partial charge in [-0.2, -0.15) is 0 Å². The number of hydrogen-bond acceptors (Lipinski definition) is 6. The largest absolute Gasteiger partial charge is 0.469 e. The number of ether oxygens (including phenoxy) is 2. The van der Waals surface area contributed by atoms with E-state index in [1.807, 2.05) is 0 Å². The monoisotopic (exact) mass is 781 g/mol. The van der Waals surface area contributed by atoms with E-state index in [4.69, 9.17) is 19.3 Å². The Morgan fingerprint density at radius 1 is 0.500 bits per heavy atom. The summed E-state index contributed by atoms with van der Waals surface area (Å²) in [6.45, 7) is 3.55. The molecule has 1 atom stereocenters. The minimum atomic E-state index is -4.77. The summed E-state index contributed by atoms with van der Waals surface area (Å²) in [4.78, 5) is 42.9. The number of phosphoric acid groups is 1. The second kappa shape index (κ2) is 40.7. The fourth-order valence-electron chi connectivity index (χ4n) is 6.13. The summed E-state index contributed by atoms with van der Waals surface area (Å²) in [6.07, 6.45) is 49.9. The molecular formula is C45H81O8P. The molecule has 0 aliphatic heterocycles. The Kier molecular flexibility index (Phi) is 39.2. The number of carbonyl (C=O) groups excluding carboxylic acids is 2. The van der Waals surface area contributed by atoms with Gasteiger partial charge >= 0.3 is 19.8 Å². The van der Waals surface area contributed by atoms with Crippen LogP contribution in [-0.4, -0.2) is 41.0 Å². The van der Waals surface area contributed by atoms with Gasteiger partial charge in [0.15, 0.2) is 6.10 Å². The van der Waals surface area contributed by atoms with Crippen molar-refractivity contribution in [3.8, 4) is 0 Å². The molecule has 9 heteroatoms. The molecule has 8 nitrogen and oxygen atoms in total. The van der Waals surface area contributed by atoms with Crippen molar-refractivity contribution < 1.29 is 37.9 Å². The summed E-state index contributed by atoms with van der Waals surface area (Å²) in [5.74, 6) is -0.928. The summed E-state index contributed by atoms with van der Waals surface area (Å²) < 4.78 is 26.4. The molecule has 314 valence electrons. The average Bonchev–Trinajstić information content (AvgIpc) is 3.14. The van der Waals surface area contributed by atoms with Crippen molar-refractivity contribution in [2.24, 2.45) is 0 Å². The first kappa shape index (κ1) is 52.0. The van der Waals surface area contributed by atoms with Gasteiger partial charge in [0.25, 0.3) is 0 Å². The predicted molar refractivity (Wildman–Crippen MR) is 225 cm³/mol. The number of hydrogen-bond donors (Lipinski definition) is 2. The Balaban J connectivity index is 3.89. The molecule has 0 saturated carbocycles. The SMILES string of the molecule is CC/C=C\C/C=C\C/C=C\C/C=C\CCCCC(=O)OC(COC(=O)CCCCCCCCCCCCCCCCCCCCCCC)COP(=O)(O)O. The number of phosphoric ester groups is 1. The smallest absolute Gasteiger partial charge is 0.462 e. The molecule has 1 unspecified atom stereocenters. The molecule has 0 aromatic heterocycles. The highest BCUT2D eigenvalue weighted by Crippen LogP contribution is 2.36. The second-order valence-corrected chi connectivity index (χ2v) is 15.9. The van der Waals surface area contributed by atoms with E-state index >= 15 is 0 Å². The molecule has 0 spiro atoms. The van der Waals surface area contributed by atoms with Gasteiger partial charge < -0.3 is 19.3 Å². The van der Waals surface area contributed by atoms with Crippen molar-refractivity contribution >= 4 is 19.8 Å². The molecule has 0 fully saturated rings. The lowest BCUT2D eigenvalue weighted by atomic mass is 10.0. The quantitative estimate of drug-likeness (QED) is 0.0273. The van der Waals surface area contributed by atoms with Gasteiger partial charge in [-0.3, -0.25) is 14.1 Å². The predicted octanol–water partition coefficient (Wildman–Crippen LogP) is 13.5. The van der Waals surface area contributed by atoms with Crippen LogP contribution in [0.2, 0.25) is 0 Å². The third kappa shape index (κ3) is 42.7. The Morgan fingerprint density at radius 2 is 0.889 bits per heavy atom. The van der Waals surface area contributed by atoms with Crippen molar-refractivity contribution in [1.82, 2.24) is 0 Å². The van der Waals surface area contributed by atoms with Gasteiger partial charge in [0.1, 0.15) is 6.61 Å². The molecule has 54 heavy (non-hydrogen) atoms. The Bertz CT molecular complexity index is 1020. The van der Waals surface area contributed by atoms with Gasteiger partial charge in [0, 0.05) is 12.8 Å². The fourth-order valence-corrected chi connectivity index (χ4v) is 6.49. The zero-order valence-corrected chi connectivity index (χ0v) is 35.5. The van der Waals surface area contributed by atoms with Crippen molar-refractivity contribution in [2.75, 3.05) is 13.2 Å². The second-order valence-electron chi connectivity index (χ2n) is 14.6. The first-order chi connectivity index (χ1) is 26.3. The van der Waals surface area contributed by atoms with Crippen LogP contribution >= 0.6 is 7.82 Å². The highest BCUT2D eigenvalue weighted by molar-refractivity contribution is 7.46. The topological polar surface area (TPSA) is 119 Å². The van der Waals surface area contributed by atoms with Crippen LogP contribution in [0.3, 0.4) is 0 Å². The van der Waals surface area contributed by atoms with Gasteiger partial charge in [-0.1, -0.05) is 191 Å². The van der Waals surface area contributed by atoms with Crippen LogP contribution in [0.25, 0.3) is 0 Å². The van der Waals surface area contributed by atoms with E-state index < -0.39 is 32.5 Å². The molecule has 0 bridgehead atoms. The van der Waals surface area contributed by atoms with E-state index in [2.05, 4.69) is 67.0 Å². The van der Waals surface area contributed by atoms with E-state index in [9.17, 15) is 14.2 Å². The van der Waals surface area contributed by atoms with Crippen LogP contribution in [0.1, 0.15) is 206 Å². The summed E-state index contributed by atoms with van der Waals surface area (Å²) in [6, 6.07) is 0. The number of esters is 2. The number of unbranched alkanes of at least 4 members (excludes halogenated alkanes) is 22. The molecule has 0 aliphatic carbocycles. The highest BCUT2D eigenvalue weighted by Gasteiger charge is 2.22. The molecule has 0 amide bonds. The first-order valence-electron chi connectivity index (χ1n) is 21.9. The Hall–Kier alpha value is -1.99. The van der Waals surface area contributed by atoms with Crippen molar-refractivity contribution in [1.29, 1.82) is 0 Å². The summed E-state index contributed by atoms with van der Waals surface area (Å²) in [5, 5.41) is 0. The number of carbonyl (C=O) groups is 2. The van der Waals surface area contributed by atoms with Crippen LogP contribution in [0.15, 0.2) is 48.6 Å². The lowest BCUT2D eigenvalue weighted by Crippen LogP contribution is -2.29. The highest BCUT2D eigenvalue weighted by atomic mass is 31.2. The Labute approximate surface area is 331 Å². The maximum Gasteiger partial charge on any atom is 0.469 e. The summed E-state index contributed by atoms with van der Waals surface area (Å²) in [5.41, 5.74) is 0. The zero-order chi connectivity index (χ0) is 39.6. The first-order valence-corrected chi connectivity index (χ1v) is 23.5. The van der Waals surface area contributed by atoms with Gasteiger partial charge in [-0.15, -0.1) is 0 Å². The average molecular weight is 781 g/mol. The number of rotatable bonds is 40.